The molecule has 1 amide bonds. The van der Waals surface area contributed by atoms with Crippen LogP contribution >= 0.6 is 0 Å². The number of H-pyrrole nitrogens is 1. The molecule has 2 saturated heterocycles. The summed E-state index contributed by atoms with van der Waals surface area (Å²) < 4.78 is 0. The predicted molar refractivity (Wildman–Crippen MR) is 105 cm³/mol. The summed E-state index contributed by atoms with van der Waals surface area (Å²) in [6.45, 7) is 4.56. The molecule has 0 radical (unpaired) electrons. The molecule has 0 saturated carbocycles. The van der Waals surface area contributed by atoms with Gasteiger partial charge in [-0.15, -0.1) is 0 Å². The molecule has 1 aromatic heterocycles. The average Bonchev–Trinajstić information content (AvgIpc) is 2.74. The van der Waals surface area contributed by atoms with E-state index in [1.165, 1.54) is 0 Å². The molecule has 2 aromatic rings. The smallest absolute Gasteiger partial charge is 0.266 e. The highest BCUT2D eigenvalue weighted by molar-refractivity contribution is 5.80. The van der Waals surface area contributed by atoms with E-state index in [-0.39, 0.29) is 17.4 Å². The lowest BCUT2D eigenvalue weighted by Crippen LogP contribution is -2.52. The van der Waals surface area contributed by atoms with E-state index in [9.17, 15) is 9.59 Å². The molecular weight excluding hydrogens is 342 g/mol. The molecule has 27 heavy (non-hydrogen) atoms. The number of hydrogen-bond acceptors (Lipinski definition) is 5. The van der Waals surface area contributed by atoms with Gasteiger partial charge in [0.05, 0.1) is 11.6 Å². The summed E-state index contributed by atoms with van der Waals surface area (Å²) in [5, 5.41) is 10.1. The van der Waals surface area contributed by atoms with Gasteiger partial charge in [0, 0.05) is 44.4 Å². The monoisotopic (exact) mass is 367 g/mol. The SMILES string of the molecule is O=C(C1CCCNC1)N1CCN(c2cc(=O)[nH]nc2-c2ccccc2)CC1. The van der Waals surface area contributed by atoms with Gasteiger partial charge in [0.25, 0.3) is 5.56 Å². The second-order valence-corrected chi connectivity index (χ2v) is 7.19. The maximum atomic E-state index is 12.7. The second-order valence-electron chi connectivity index (χ2n) is 7.19. The maximum Gasteiger partial charge on any atom is 0.266 e. The van der Waals surface area contributed by atoms with Crippen molar-refractivity contribution in [1.29, 1.82) is 0 Å². The number of hydrogen-bond donors (Lipinski definition) is 2. The standard InChI is InChI=1S/C20H25N5O2/c26-18-13-17(19(23-22-18)15-5-2-1-3-6-15)24-9-11-25(12-10-24)20(27)16-7-4-8-21-14-16/h1-3,5-6,13,16,21H,4,7-12,14H2,(H,22,26). The Morgan fingerprint density at radius 3 is 2.59 bits per heavy atom. The molecular formula is C20H25N5O2. The normalized spacial score (nSPS) is 20.5. The van der Waals surface area contributed by atoms with E-state index in [2.05, 4.69) is 20.4 Å². The zero-order valence-corrected chi connectivity index (χ0v) is 15.4. The molecule has 0 spiro atoms. The van der Waals surface area contributed by atoms with Crippen molar-refractivity contribution in [2.45, 2.75) is 12.8 Å². The highest BCUT2D eigenvalue weighted by Gasteiger charge is 2.29. The third-order valence-electron chi connectivity index (χ3n) is 5.41. The van der Waals surface area contributed by atoms with Crippen LogP contribution in [0.3, 0.4) is 0 Å². The average molecular weight is 367 g/mol. The Bertz CT molecular complexity index is 837. The van der Waals surface area contributed by atoms with Crippen LogP contribution in [0, 0.1) is 5.92 Å². The molecule has 3 heterocycles. The number of amides is 1. The fraction of sp³-hybridized carbons (Fsp3) is 0.450. The van der Waals surface area contributed by atoms with Gasteiger partial charge in [-0.25, -0.2) is 5.10 Å². The highest BCUT2D eigenvalue weighted by Crippen LogP contribution is 2.28. The van der Waals surface area contributed by atoms with Crippen molar-refractivity contribution in [3.63, 3.8) is 0 Å². The molecule has 0 aliphatic carbocycles. The fourth-order valence-electron chi connectivity index (χ4n) is 3.93. The molecule has 7 nitrogen and oxygen atoms in total. The van der Waals surface area contributed by atoms with Gasteiger partial charge < -0.3 is 15.1 Å². The van der Waals surface area contributed by atoms with Gasteiger partial charge in [-0.3, -0.25) is 9.59 Å². The molecule has 7 heteroatoms. The summed E-state index contributed by atoms with van der Waals surface area (Å²) in [5.41, 5.74) is 2.36. The van der Waals surface area contributed by atoms with E-state index in [1.807, 2.05) is 35.2 Å². The van der Waals surface area contributed by atoms with Crippen LogP contribution in [-0.4, -0.2) is 60.3 Å². The third-order valence-corrected chi connectivity index (χ3v) is 5.41. The number of nitrogens with zero attached hydrogens (tertiary/aromatic N) is 3. The summed E-state index contributed by atoms with van der Waals surface area (Å²) in [4.78, 5) is 28.7. The van der Waals surface area contributed by atoms with E-state index in [0.29, 0.717) is 26.2 Å². The first-order chi connectivity index (χ1) is 13.2. The van der Waals surface area contributed by atoms with Gasteiger partial charge in [-0.2, -0.15) is 5.10 Å². The Hall–Kier alpha value is -2.67. The Balaban J connectivity index is 1.49. The number of carbonyl (C=O) groups is 1. The van der Waals surface area contributed by atoms with E-state index in [1.54, 1.807) is 6.07 Å². The van der Waals surface area contributed by atoms with Crippen molar-refractivity contribution in [3.8, 4) is 11.3 Å². The van der Waals surface area contributed by atoms with E-state index < -0.39 is 0 Å². The second kappa shape index (κ2) is 7.92. The van der Waals surface area contributed by atoms with E-state index >= 15 is 0 Å². The van der Waals surface area contributed by atoms with Crippen molar-refractivity contribution < 1.29 is 4.79 Å². The minimum Gasteiger partial charge on any atom is -0.366 e. The lowest BCUT2D eigenvalue weighted by Gasteiger charge is -2.38. The molecule has 4 rings (SSSR count). The van der Waals surface area contributed by atoms with Crippen molar-refractivity contribution in [2.24, 2.45) is 5.92 Å². The number of carbonyl (C=O) groups excluding carboxylic acids is 1. The van der Waals surface area contributed by atoms with Crippen molar-refractivity contribution in [1.82, 2.24) is 20.4 Å². The van der Waals surface area contributed by atoms with E-state index in [0.717, 1.165) is 42.9 Å². The van der Waals surface area contributed by atoms with E-state index in [4.69, 9.17) is 0 Å². The van der Waals surface area contributed by atoms with Crippen LogP contribution in [0.1, 0.15) is 12.8 Å². The maximum absolute atomic E-state index is 12.7. The highest BCUT2D eigenvalue weighted by atomic mass is 16.2. The fourth-order valence-corrected chi connectivity index (χ4v) is 3.93. The van der Waals surface area contributed by atoms with Gasteiger partial charge in [0.15, 0.2) is 0 Å². The molecule has 1 atom stereocenters. The van der Waals surface area contributed by atoms with Crippen molar-refractivity contribution >= 4 is 11.6 Å². The van der Waals surface area contributed by atoms with Crippen LogP contribution in [0.4, 0.5) is 5.69 Å². The first-order valence-electron chi connectivity index (χ1n) is 9.62. The zero-order chi connectivity index (χ0) is 18.6. The topological polar surface area (TPSA) is 81.3 Å². The number of piperazine rings is 1. The largest absolute Gasteiger partial charge is 0.366 e. The van der Waals surface area contributed by atoms with Crippen LogP contribution < -0.4 is 15.8 Å². The third kappa shape index (κ3) is 3.88. The van der Waals surface area contributed by atoms with Crippen LogP contribution in [0.25, 0.3) is 11.3 Å². The number of nitrogens with one attached hydrogen (secondary N) is 2. The molecule has 1 aromatic carbocycles. The predicted octanol–water partition coefficient (Wildman–Crippen LogP) is 1.09. The molecule has 142 valence electrons. The Morgan fingerprint density at radius 2 is 1.89 bits per heavy atom. The number of rotatable bonds is 3. The number of benzene rings is 1. The Labute approximate surface area is 158 Å². The zero-order valence-electron chi connectivity index (χ0n) is 15.4. The van der Waals surface area contributed by atoms with Crippen LogP contribution in [0.5, 0.6) is 0 Å². The van der Waals surface area contributed by atoms with Crippen molar-refractivity contribution in [3.05, 3.63) is 46.8 Å². The molecule has 2 fully saturated rings. The Morgan fingerprint density at radius 1 is 1.11 bits per heavy atom. The van der Waals surface area contributed by atoms with Gasteiger partial charge >= 0.3 is 0 Å². The van der Waals surface area contributed by atoms with Crippen molar-refractivity contribution in [2.75, 3.05) is 44.2 Å². The molecule has 1 unspecified atom stereocenters. The van der Waals surface area contributed by atoms with Gasteiger partial charge in [0.1, 0.15) is 5.69 Å². The quantitative estimate of drug-likeness (QED) is 0.849. The minimum absolute atomic E-state index is 0.103. The number of anilines is 1. The lowest BCUT2D eigenvalue weighted by molar-refractivity contribution is -0.136. The number of aromatic amines is 1. The van der Waals surface area contributed by atoms with Crippen LogP contribution in [-0.2, 0) is 4.79 Å². The summed E-state index contributed by atoms with van der Waals surface area (Å²) in [7, 11) is 0. The first-order valence-corrected chi connectivity index (χ1v) is 9.62. The Kier molecular flexibility index (Phi) is 5.20. The number of aromatic nitrogens is 2. The summed E-state index contributed by atoms with van der Waals surface area (Å²) in [6.07, 6.45) is 2.04. The molecule has 0 bridgehead atoms. The summed E-state index contributed by atoms with van der Waals surface area (Å²) in [6, 6.07) is 11.5. The van der Waals surface area contributed by atoms with Crippen LogP contribution in [0.2, 0.25) is 0 Å². The first kappa shape index (κ1) is 17.7. The van der Waals surface area contributed by atoms with Gasteiger partial charge in [-0.1, -0.05) is 30.3 Å². The molecule has 2 aliphatic rings. The van der Waals surface area contributed by atoms with Crippen LogP contribution in [0.15, 0.2) is 41.2 Å². The summed E-state index contributed by atoms with van der Waals surface area (Å²) in [5.74, 6) is 0.362. The lowest BCUT2D eigenvalue weighted by atomic mass is 9.98. The minimum atomic E-state index is -0.212. The summed E-state index contributed by atoms with van der Waals surface area (Å²) >= 11 is 0. The molecule has 2 aliphatic heterocycles. The van der Waals surface area contributed by atoms with Gasteiger partial charge in [-0.05, 0) is 19.4 Å². The molecule has 2 N–H and O–H groups in total. The number of piperidine rings is 1. The van der Waals surface area contributed by atoms with Gasteiger partial charge in [0.2, 0.25) is 5.91 Å².